The van der Waals surface area contributed by atoms with E-state index >= 15 is 0 Å². The molecule has 0 bridgehead atoms. The van der Waals surface area contributed by atoms with Gasteiger partial charge in [-0.05, 0) is 38.5 Å². The molecule has 0 rings (SSSR count). The van der Waals surface area contributed by atoms with Gasteiger partial charge in [0, 0.05) is 19.3 Å². The van der Waals surface area contributed by atoms with E-state index < -0.39 is 6.10 Å². The van der Waals surface area contributed by atoms with Crippen molar-refractivity contribution in [1.29, 1.82) is 0 Å². The van der Waals surface area contributed by atoms with Gasteiger partial charge in [-0.25, -0.2) is 0 Å². The average molecular weight is 679 g/mol. The Morgan fingerprint density at radius 1 is 0.396 bits per heavy atom. The third-order valence-electron chi connectivity index (χ3n) is 9.00. The molecule has 1 atom stereocenters. The van der Waals surface area contributed by atoms with Crippen LogP contribution in [0.15, 0.2) is 12.2 Å². The molecule has 0 N–H and O–H groups in total. The molecule has 1 unspecified atom stereocenters. The van der Waals surface area contributed by atoms with Crippen LogP contribution in [-0.2, 0) is 28.6 Å². The SMILES string of the molecule is CCC/C=C\CCCCCCCC(=O)OC(COC(=O)CCCCCCCC)COC(=O)CCCCCCCCCCCCCCCC. The van der Waals surface area contributed by atoms with E-state index in [1.54, 1.807) is 0 Å². The van der Waals surface area contributed by atoms with Crippen LogP contribution in [0.1, 0.15) is 220 Å². The molecule has 282 valence electrons. The highest BCUT2D eigenvalue weighted by atomic mass is 16.6. The smallest absolute Gasteiger partial charge is 0.306 e. The quantitative estimate of drug-likeness (QED) is 0.0282. The lowest BCUT2D eigenvalue weighted by Crippen LogP contribution is -2.30. The van der Waals surface area contributed by atoms with Gasteiger partial charge >= 0.3 is 17.9 Å². The second-order valence-corrected chi connectivity index (χ2v) is 13.9. The van der Waals surface area contributed by atoms with Crippen molar-refractivity contribution in [1.82, 2.24) is 0 Å². The van der Waals surface area contributed by atoms with Gasteiger partial charge in [0.05, 0.1) is 0 Å². The Balaban J connectivity index is 4.26. The predicted octanol–water partition coefficient (Wildman–Crippen LogP) is 12.7. The van der Waals surface area contributed by atoms with Gasteiger partial charge in [-0.15, -0.1) is 0 Å². The minimum absolute atomic E-state index is 0.0704. The lowest BCUT2D eigenvalue weighted by molar-refractivity contribution is -0.167. The molecule has 48 heavy (non-hydrogen) atoms. The monoisotopic (exact) mass is 679 g/mol. The Morgan fingerprint density at radius 3 is 1.12 bits per heavy atom. The highest BCUT2D eigenvalue weighted by molar-refractivity contribution is 5.71. The van der Waals surface area contributed by atoms with E-state index in [2.05, 4.69) is 32.9 Å². The van der Waals surface area contributed by atoms with Crippen LogP contribution in [0.25, 0.3) is 0 Å². The summed E-state index contributed by atoms with van der Waals surface area (Å²) in [6.45, 7) is 6.50. The first-order valence-corrected chi connectivity index (χ1v) is 20.7. The van der Waals surface area contributed by atoms with E-state index in [1.165, 1.54) is 103 Å². The number of esters is 3. The third-order valence-corrected chi connectivity index (χ3v) is 9.00. The van der Waals surface area contributed by atoms with Crippen molar-refractivity contribution < 1.29 is 28.6 Å². The normalized spacial score (nSPS) is 12.0. The van der Waals surface area contributed by atoms with Crippen LogP contribution in [0.2, 0.25) is 0 Å². The van der Waals surface area contributed by atoms with Crippen LogP contribution < -0.4 is 0 Å². The fourth-order valence-electron chi connectivity index (χ4n) is 5.85. The molecule has 0 saturated heterocycles. The van der Waals surface area contributed by atoms with Gasteiger partial charge < -0.3 is 14.2 Å². The summed E-state index contributed by atoms with van der Waals surface area (Å²) >= 11 is 0. The average Bonchev–Trinajstić information content (AvgIpc) is 3.08. The van der Waals surface area contributed by atoms with E-state index in [1.807, 2.05) is 0 Å². The second kappa shape index (κ2) is 38.0. The summed E-state index contributed by atoms with van der Waals surface area (Å²) in [7, 11) is 0. The van der Waals surface area contributed by atoms with Gasteiger partial charge in [0.1, 0.15) is 13.2 Å². The molecule has 0 aromatic rings. The zero-order valence-electron chi connectivity index (χ0n) is 32.0. The first-order valence-electron chi connectivity index (χ1n) is 20.7. The zero-order valence-corrected chi connectivity index (χ0v) is 32.0. The molecule has 6 nitrogen and oxygen atoms in total. The van der Waals surface area contributed by atoms with E-state index in [9.17, 15) is 14.4 Å². The van der Waals surface area contributed by atoms with E-state index in [-0.39, 0.29) is 31.1 Å². The molecule has 0 aromatic carbocycles. The fraction of sp³-hybridized carbons (Fsp3) is 0.881. The molecule has 0 spiro atoms. The minimum Gasteiger partial charge on any atom is -0.462 e. The van der Waals surface area contributed by atoms with Crippen molar-refractivity contribution in [3.05, 3.63) is 12.2 Å². The largest absolute Gasteiger partial charge is 0.462 e. The van der Waals surface area contributed by atoms with Crippen LogP contribution >= 0.6 is 0 Å². The lowest BCUT2D eigenvalue weighted by Gasteiger charge is -2.18. The van der Waals surface area contributed by atoms with Gasteiger partial charge in [-0.3, -0.25) is 14.4 Å². The van der Waals surface area contributed by atoms with Crippen molar-refractivity contribution in [2.24, 2.45) is 0 Å². The first-order chi connectivity index (χ1) is 23.5. The molecule has 0 aromatic heterocycles. The number of hydrogen-bond donors (Lipinski definition) is 0. The Bertz CT molecular complexity index is 748. The van der Waals surface area contributed by atoms with Crippen LogP contribution in [0, 0.1) is 0 Å². The van der Waals surface area contributed by atoms with Crippen molar-refractivity contribution >= 4 is 17.9 Å². The van der Waals surface area contributed by atoms with Crippen LogP contribution in [0.5, 0.6) is 0 Å². The summed E-state index contributed by atoms with van der Waals surface area (Å²) in [4.78, 5) is 37.3. The van der Waals surface area contributed by atoms with Crippen molar-refractivity contribution in [2.45, 2.75) is 226 Å². The standard InChI is InChI=1S/C42H78O6/c1-4-7-10-13-16-18-20-21-22-23-25-26-29-32-35-41(44)47-38-39(37-46-40(43)34-31-28-15-12-9-6-3)48-42(45)36-33-30-27-24-19-17-14-11-8-5-2/h11,14,39H,4-10,12-13,15-38H2,1-3H3/b14-11-. The molecule has 0 saturated carbocycles. The van der Waals surface area contributed by atoms with Gasteiger partial charge in [-0.1, -0.05) is 174 Å². The van der Waals surface area contributed by atoms with Crippen molar-refractivity contribution in [3.63, 3.8) is 0 Å². The van der Waals surface area contributed by atoms with Gasteiger partial charge in [0.25, 0.3) is 0 Å². The maximum atomic E-state index is 12.6. The van der Waals surface area contributed by atoms with E-state index in [4.69, 9.17) is 14.2 Å². The number of carbonyl (C=O) groups excluding carboxylic acids is 3. The lowest BCUT2D eigenvalue weighted by atomic mass is 10.0. The summed E-state index contributed by atoms with van der Waals surface area (Å²) < 4.78 is 16.6. The molecule has 6 heteroatoms. The van der Waals surface area contributed by atoms with Gasteiger partial charge in [0.2, 0.25) is 0 Å². The molecule has 0 amide bonds. The Morgan fingerprint density at radius 2 is 0.729 bits per heavy atom. The topological polar surface area (TPSA) is 78.9 Å². The number of unbranched alkanes of at least 4 members (excludes halogenated alkanes) is 24. The third kappa shape index (κ3) is 35.5. The maximum Gasteiger partial charge on any atom is 0.306 e. The van der Waals surface area contributed by atoms with Crippen LogP contribution in [0.3, 0.4) is 0 Å². The number of allylic oxidation sites excluding steroid dienone is 2. The van der Waals surface area contributed by atoms with Crippen molar-refractivity contribution in [2.75, 3.05) is 13.2 Å². The molecule has 0 fully saturated rings. The second-order valence-electron chi connectivity index (χ2n) is 13.9. The molecule has 0 radical (unpaired) electrons. The molecule has 0 aliphatic heterocycles. The fourth-order valence-corrected chi connectivity index (χ4v) is 5.85. The molecular weight excluding hydrogens is 600 g/mol. The zero-order chi connectivity index (χ0) is 35.2. The summed E-state index contributed by atoms with van der Waals surface area (Å²) in [5, 5.41) is 0. The highest BCUT2D eigenvalue weighted by Gasteiger charge is 2.19. The minimum atomic E-state index is -0.763. The summed E-state index contributed by atoms with van der Waals surface area (Å²) in [6.07, 6.45) is 37.8. The van der Waals surface area contributed by atoms with Crippen LogP contribution in [0.4, 0.5) is 0 Å². The number of carbonyl (C=O) groups is 3. The number of ether oxygens (including phenoxy) is 3. The maximum absolute atomic E-state index is 12.6. The summed E-state index contributed by atoms with van der Waals surface area (Å²) in [5.74, 6) is -0.889. The summed E-state index contributed by atoms with van der Waals surface area (Å²) in [5.41, 5.74) is 0. The highest BCUT2D eigenvalue weighted by Crippen LogP contribution is 2.15. The number of rotatable bonds is 37. The first kappa shape index (κ1) is 46.1. The Hall–Kier alpha value is -1.85. The van der Waals surface area contributed by atoms with Crippen LogP contribution in [-0.4, -0.2) is 37.2 Å². The van der Waals surface area contributed by atoms with Gasteiger partial charge in [0.15, 0.2) is 6.10 Å². The molecule has 0 aliphatic rings. The number of hydrogen-bond acceptors (Lipinski definition) is 6. The predicted molar refractivity (Wildman–Crippen MR) is 201 cm³/mol. The summed E-state index contributed by atoms with van der Waals surface area (Å²) in [6, 6.07) is 0. The molecule has 0 aliphatic carbocycles. The van der Waals surface area contributed by atoms with E-state index in [0.717, 1.165) is 77.0 Å². The van der Waals surface area contributed by atoms with Crippen molar-refractivity contribution in [3.8, 4) is 0 Å². The Labute approximate surface area is 297 Å². The Kier molecular flexibility index (Phi) is 36.5. The molecular formula is C42H78O6. The molecule has 0 heterocycles. The van der Waals surface area contributed by atoms with E-state index in [0.29, 0.717) is 19.3 Å². The van der Waals surface area contributed by atoms with Gasteiger partial charge in [-0.2, -0.15) is 0 Å².